The zero-order valence-electron chi connectivity index (χ0n) is 13.4. The number of ether oxygens (including phenoxy) is 1. The smallest absolute Gasteiger partial charge is 0.185 e. The molecule has 3 aliphatic heterocycles. The van der Waals surface area contributed by atoms with Crippen molar-refractivity contribution < 1.29 is 4.74 Å². The molecule has 0 aliphatic carbocycles. The second kappa shape index (κ2) is 6.43. The van der Waals surface area contributed by atoms with Crippen molar-refractivity contribution in [1.82, 2.24) is 14.8 Å². The Morgan fingerprint density at radius 2 is 2.09 bits per heavy atom. The molecule has 5 nitrogen and oxygen atoms in total. The third kappa shape index (κ3) is 3.15. The Morgan fingerprint density at radius 3 is 2.95 bits per heavy atom. The first-order chi connectivity index (χ1) is 10.8. The van der Waals surface area contributed by atoms with Gasteiger partial charge in [0.25, 0.3) is 0 Å². The molecule has 4 heterocycles. The van der Waals surface area contributed by atoms with Gasteiger partial charge in [-0.1, -0.05) is 0 Å². The highest BCUT2D eigenvalue weighted by molar-refractivity contribution is 7.15. The second-order valence-corrected chi connectivity index (χ2v) is 8.09. The number of aromatic nitrogens is 1. The van der Waals surface area contributed by atoms with E-state index in [4.69, 9.17) is 4.74 Å². The second-order valence-electron chi connectivity index (χ2n) is 6.99. The van der Waals surface area contributed by atoms with Crippen LogP contribution in [0.25, 0.3) is 0 Å². The number of anilines is 1. The maximum atomic E-state index is 5.82. The van der Waals surface area contributed by atoms with Crippen molar-refractivity contribution in [3.05, 3.63) is 11.1 Å². The summed E-state index contributed by atoms with van der Waals surface area (Å²) in [5, 5.41) is 1.22. The van der Waals surface area contributed by atoms with E-state index in [1.54, 1.807) is 0 Å². The maximum absolute atomic E-state index is 5.82. The molecule has 0 amide bonds. The lowest BCUT2D eigenvalue weighted by Gasteiger charge is -2.29. The Hall–Kier alpha value is -0.690. The SMILES string of the molecule is CN1C[C@H]2COC[C@@H]1CN(Cc1cnc(N3CCCC3)s1)C2. The van der Waals surface area contributed by atoms with Crippen LogP contribution in [0.4, 0.5) is 5.13 Å². The van der Waals surface area contributed by atoms with Gasteiger partial charge in [0.1, 0.15) is 0 Å². The lowest BCUT2D eigenvalue weighted by Crippen LogP contribution is -2.41. The summed E-state index contributed by atoms with van der Waals surface area (Å²) in [7, 11) is 2.24. The highest BCUT2D eigenvalue weighted by Crippen LogP contribution is 2.28. The standard InChI is InChI=1S/C16H26N4OS/c1-18-7-13-8-19(9-14(18)12-21-11-13)10-15-6-17-16(22-15)20-4-2-3-5-20/h6,13-14H,2-5,7-12H2,1H3/t13-,14+/m1/s1. The van der Waals surface area contributed by atoms with E-state index in [-0.39, 0.29) is 0 Å². The van der Waals surface area contributed by atoms with E-state index in [2.05, 4.69) is 32.9 Å². The van der Waals surface area contributed by atoms with Gasteiger partial charge in [0.2, 0.25) is 0 Å². The van der Waals surface area contributed by atoms with Gasteiger partial charge in [-0.05, 0) is 19.9 Å². The first kappa shape index (κ1) is 14.9. The summed E-state index contributed by atoms with van der Waals surface area (Å²) in [6, 6.07) is 0.540. The van der Waals surface area contributed by atoms with Gasteiger partial charge in [0.15, 0.2) is 5.13 Å². The number of thiazole rings is 1. The Kier molecular flexibility index (Phi) is 4.35. The number of hydrogen-bond donors (Lipinski definition) is 0. The molecule has 22 heavy (non-hydrogen) atoms. The number of nitrogens with zero attached hydrogens (tertiary/aromatic N) is 4. The van der Waals surface area contributed by atoms with E-state index in [9.17, 15) is 0 Å². The van der Waals surface area contributed by atoms with Crippen LogP contribution in [0.15, 0.2) is 6.20 Å². The number of likely N-dealkylation sites (N-methyl/N-ethyl adjacent to an activating group) is 1. The van der Waals surface area contributed by atoms with Crippen molar-refractivity contribution in [2.24, 2.45) is 5.92 Å². The Bertz CT molecular complexity index is 502. The zero-order chi connectivity index (χ0) is 14.9. The molecule has 3 fully saturated rings. The van der Waals surface area contributed by atoms with E-state index in [1.807, 2.05) is 11.3 Å². The van der Waals surface area contributed by atoms with Gasteiger partial charge < -0.3 is 9.64 Å². The van der Waals surface area contributed by atoms with Gasteiger partial charge in [-0.2, -0.15) is 0 Å². The van der Waals surface area contributed by atoms with E-state index in [0.717, 1.165) is 32.8 Å². The highest BCUT2D eigenvalue weighted by Gasteiger charge is 2.31. The molecular weight excluding hydrogens is 296 g/mol. The van der Waals surface area contributed by atoms with Crippen molar-refractivity contribution in [2.45, 2.75) is 25.4 Å². The zero-order valence-corrected chi connectivity index (χ0v) is 14.2. The van der Waals surface area contributed by atoms with Crippen LogP contribution in [0.5, 0.6) is 0 Å². The van der Waals surface area contributed by atoms with Gasteiger partial charge in [-0.15, -0.1) is 11.3 Å². The lowest BCUT2D eigenvalue weighted by molar-refractivity contribution is 0.0519. The summed E-state index contributed by atoms with van der Waals surface area (Å²) >= 11 is 1.89. The number of hydrogen-bond acceptors (Lipinski definition) is 6. The summed E-state index contributed by atoms with van der Waals surface area (Å²) in [5.74, 6) is 0.642. The van der Waals surface area contributed by atoms with Gasteiger partial charge in [0, 0.05) is 62.3 Å². The number of rotatable bonds is 3. The molecule has 6 heteroatoms. The van der Waals surface area contributed by atoms with E-state index < -0.39 is 0 Å². The van der Waals surface area contributed by atoms with Crippen molar-refractivity contribution in [3.63, 3.8) is 0 Å². The molecule has 0 N–H and O–H groups in total. The average Bonchev–Trinajstić information content (AvgIpc) is 3.08. The summed E-state index contributed by atoms with van der Waals surface area (Å²) in [6.45, 7) is 8.65. The fourth-order valence-corrected chi connectivity index (χ4v) is 4.93. The van der Waals surface area contributed by atoms with Crippen LogP contribution in [0.2, 0.25) is 0 Å². The first-order valence-corrected chi connectivity index (χ1v) is 9.29. The molecule has 2 bridgehead atoms. The van der Waals surface area contributed by atoms with Gasteiger partial charge in [0.05, 0.1) is 13.2 Å². The third-order valence-corrected chi connectivity index (χ3v) is 6.16. The largest absolute Gasteiger partial charge is 0.379 e. The topological polar surface area (TPSA) is 31.8 Å². The molecule has 3 saturated heterocycles. The molecule has 0 unspecified atom stereocenters. The minimum absolute atomic E-state index is 0.540. The highest BCUT2D eigenvalue weighted by atomic mass is 32.1. The van der Waals surface area contributed by atoms with Crippen molar-refractivity contribution in [1.29, 1.82) is 0 Å². The van der Waals surface area contributed by atoms with Crippen LogP contribution in [-0.4, -0.2) is 73.8 Å². The van der Waals surface area contributed by atoms with Crippen molar-refractivity contribution in [3.8, 4) is 0 Å². The summed E-state index contributed by atoms with van der Waals surface area (Å²) in [6.07, 6.45) is 4.73. The van der Waals surface area contributed by atoms with E-state index in [0.29, 0.717) is 12.0 Å². The van der Waals surface area contributed by atoms with Crippen LogP contribution in [0, 0.1) is 5.92 Å². The number of fused-ring (bicyclic) bond motifs is 3. The normalized spacial score (nSPS) is 30.7. The molecule has 0 radical (unpaired) electrons. The molecule has 122 valence electrons. The van der Waals surface area contributed by atoms with Crippen LogP contribution < -0.4 is 4.90 Å². The van der Waals surface area contributed by atoms with Crippen molar-refractivity contribution >= 4 is 16.5 Å². The Labute approximate surface area is 136 Å². The van der Waals surface area contributed by atoms with Crippen LogP contribution >= 0.6 is 11.3 Å². The summed E-state index contributed by atoms with van der Waals surface area (Å²) in [4.78, 5) is 13.6. The molecule has 4 rings (SSSR count). The van der Waals surface area contributed by atoms with Crippen LogP contribution in [0.1, 0.15) is 17.7 Å². The van der Waals surface area contributed by atoms with Crippen molar-refractivity contribution in [2.75, 3.05) is 57.9 Å². The molecular formula is C16H26N4OS. The molecule has 0 saturated carbocycles. The Morgan fingerprint density at radius 1 is 1.23 bits per heavy atom. The van der Waals surface area contributed by atoms with E-state index >= 15 is 0 Å². The Balaban J connectivity index is 1.42. The molecule has 0 aromatic carbocycles. The minimum Gasteiger partial charge on any atom is -0.379 e. The fourth-order valence-electron chi connectivity index (χ4n) is 3.92. The summed E-state index contributed by atoms with van der Waals surface area (Å²) in [5.41, 5.74) is 0. The van der Waals surface area contributed by atoms with E-state index in [1.165, 1.54) is 42.5 Å². The first-order valence-electron chi connectivity index (χ1n) is 8.48. The van der Waals surface area contributed by atoms with Crippen LogP contribution in [-0.2, 0) is 11.3 Å². The molecule has 3 aliphatic rings. The molecule has 1 aromatic heterocycles. The predicted molar refractivity (Wildman–Crippen MR) is 89.6 cm³/mol. The monoisotopic (exact) mass is 322 g/mol. The van der Waals surface area contributed by atoms with Gasteiger partial charge >= 0.3 is 0 Å². The van der Waals surface area contributed by atoms with Gasteiger partial charge in [-0.25, -0.2) is 4.98 Å². The molecule has 1 aromatic rings. The average molecular weight is 322 g/mol. The third-order valence-electron chi connectivity index (χ3n) is 5.12. The molecule has 2 atom stereocenters. The molecule has 0 spiro atoms. The quantitative estimate of drug-likeness (QED) is 0.842. The lowest BCUT2D eigenvalue weighted by atomic mass is 10.1. The van der Waals surface area contributed by atoms with Crippen LogP contribution in [0.3, 0.4) is 0 Å². The predicted octanol–water partition coefficient (Wildman–Crippen LogP) is 1.51. The summed E-state index contributed by atoms with van der Waals surface area (Å²) < 4.78 is 5.82. The van der Waals surface area contributed by atoms with Gasteiger partial charge in [-0.3, -0.25) is 9.80 Å². The maximum Gasteiger partial charge on any atom is 0.185 e. The fraction of sp³-hybridized carbons (Fsp3) is 0.812. The minimum atomic E-state index is 0.540.